The maximum Gasteiger partial charge on any atom is 0.174 e. The molecular weight excluding hydrogens is 260 g/mol. The fourth-order valence-electron chi connectivity index (χ4n) is 1.74. The van der Waals surface area contributed by atoms with Gasteiger partial charge in [-0.15, -0.1) is 5.10 Å². The zero-order valence-corrected chi connectivity index (χ0v) is 10.7. The van der Waals surface area contributed by atoms with Crippen molar-refractivity contribution in [3.8, 4) is 0 Å². The van der Waals surface area contributed by atoms with E-state index in [2.05, 4.69) is 10.1 Å². The molecule has 0 radical (unpaired) electrons. The van der Waals surface area contributed by atoms with Gasteiger partial charge in [-0.1, -0.05) is 48.0 Å². The number of rotatable bonds is 2. The van der Waals surface area contributed by atoms with E-state index in [0.29, 0.717) is 22.2 Å². The van der Waals surface area contributed by atoms with Gasteiger partial charge in [0.25, 0.3) is 0 Å². The summed E-state index contributed by atoms with van der Waals surface area (Å²) in [7, 11) is 0. The third-order valence-corrected chi connectivity index (χ3v) is 3.02. The molecule has 2 N–H and O–H groups in total. The van der Waals surface area contributed by atoms with Crippen LogP contribution in [0.5, 0.6) is 0 Å². The SMILES string of the molecule is Nc1cn2nc(/C=C/c3ccccc3)nc2cc1Cl. The molecular formula is C14H11ClN4. The summed E-state index contributed by atoms with van der Waals surface area (Å²) in [5.41, 5.74) is 7.97. The first kappa shape index (κ1) is 11.7. The van der Waals surface area contributed by atoms with Crippen LogP contribution in [-0.2, 0) is 0 Å². The number of fused-ring (bicyclic) bond motifs is 1. The molecule has 3 rings (SSSR count). The highest BCUT2D eigenvalue weighted by Crippen LogP contribution is 2.19. The smallest absolute Gasteiger partial charge is 0.174 e. The van der Waals surface area contributed by atoms with Crippen LogP contribution in [0.4, 0.5) is 5.69 Å². The van der Waals surface area contributed by atoms with Gasteiger partial charge in [-0.25, -0.2) is 9.50 Å². The summed E-state index contributed by atoms with van der Waals surface area (Å²) in [6.07, 6.45) is 5.47. The molecule has 0 fully saturated rings. The number of anilines is 1. The molecule has 94 valence electrons. The van der Waals surface area contributed by atoms with Crippen LogP contribution in [0.3, 0.4) is 0 Å². The van der Waals surface area contributed by atoms with Crippen molar-refractivity contribution < 1.29 is 0 Å². The summed E-state index contributed by atoms with van der Waals surface area (Å²) in [4.78, 5) is 4.35. The van der Waals surface area contributed by atoms with Crippen LogP contribution in [-0.4, -0.2) is 14.6 Å². The molecule has 5 heteroatoms. The Kier molecular flexibility index (Phi) is 2.93. The monoisotopic (exact) mass is 270 g/mol. The fourth-order valence-corrected chi connectivity index (χ4v) is 1.89. The average Bonchev–Trinajstić information content (AvgIpc) is 2.80. The zero-order valence-electron chi connectivity index (χ0n) is 9.99. The van der Waals surface area contributed by atoms with E-state index in [1.54, 1.807) is 16.8 Å². The Bertz CT molecular complexity index is 708. The van der Waals surface area contributed by atoms with Crippen molar-refractivity contribution >= 4 is 35.1 Å². The lowest BCUT2D eigenvalue weighted by molar-refractivity contribution is 0.956. The third kappa shape index (κ3) is 2.44. The molecule has 4 nitrogen and oxygen atoms in total. The molecule has 19 heavy (non-hydrogen) atoms. The lowest BCUT2D eigenvalue weighted by Crippen LogP contribution is -1.93. The van der Waals surface area contributed by atoms with Crippen LogP contribution >= 0.6 is 11.6 Å². The second-order valence-electron chi connectivity index (χ2n) is 4.09. The second kappa shape index (κ2) is 4.74. The first-order valence-electron chi connectivity index (χ1n) is 5.77. The molecule has 0 aliphatic heterocycles. The Morgan fingerprint density at radius 2 is 1.95 bits per heavy atom. The Hall–Kier alpha value is -2.33. The van der Waals surface area contributed by atoms with Crippen molar-refractivity contribution in [1.29, 1.82) is 0 Å². The minimum atomic E-state index is 0.484. The number of nitrogens with two attached hydrogens (primary N) is 1. The quantitative estimate of drug-likeness (QED) is 0.778. The summed E-state index contributed by atoms with van der Waals surface area (Å²) < 4.78 is 1.62. The van der Waals surface area contributed by atoms with Crippen LogP contribution in [0.2, 0.25) is 5.02 Å². The van der Waals surface area contributed by atoms with E-state index in [1.165, 1.54) is 0 Å². The Labute approximate surface area is 115 Å². The maximum atomic E-state index is 5.95. The van der Waals surface area contributed by atoms with Crippen molar-refractivity contribution in [2.75, 3.05) is 5.73 Å². The van der Waals surface area contributed by atoms with E-state index in [1.807, 2.05) is 42.5 Å². The minimum absolute atomic E-state index is 0.484. The fraction of sp³-hybridized carbons (Fsp3) is 0. The maximum absolute atomic E-state index is 5.95. The van der Waals surface area contributed by atoms with E-state index >= 15 is 0 Å². The summed E-state index contributed by atoms with van der Waals surface area (Å²) in [5.74, 6) is 0.616. The number of pyridine rings is 1. The van der Waals surface area contributed by atoms with E-state index < -0.39 is 0 Å². The van der Waals surface area contributed by atoms with Crippen molar-refractivity contribution in [3.05, 3.63) is 59.0 Å². The molecule has 0 unspecified atom stereocenters. The second-order valence-corrected chi connectivity index (χ2v) is 4.50. The lowest BCUT2D eigenvalue weighted by Gasteiger charge is -1.96. The van der Waals surface area contributed by atoms with E-state index in [0.717, 1.165) is 5.56 Å². The molecule has 2 aromatic heterocycles. The molecule has 0 bridgehead atoms. The van der Waals surface area contributed by atoms with Gasteiger partial charge in [0.1, 0.15) is 0 Å². The number of benzene rings is 1. The first-order valence-corrected chi connectivity index (χ1v) is 6.15. The van der Waals surface area contributed by atoms with Crippen LogP contribution in [0, 0.1) is 0 Å². The van der Waals surface area contributed by atoms with Crippen molar-refractivity contribution in [1.82, 2.24) is 14.6 Å². The normalized spacial score (nSPS) is 11.4. The van der Waals surface area contributed by atoms with Crippen molar-refractivity contribution in [2.45, 2.75) is 0 Å². The van der Waals surface area contributed by atoms with Gasteiger partial charge < -0.3 is 5.73 Å². The van der Waals surface area contributed by atoms with Crippen LogP contribution in [0.15, 0.2) is 42.6 Å². The number of aromatic nitrogens is 3. The van der Waals surface area contributed by atoms with Crippen molar-refractivity contribution in [3.63, 3.8) is 0 Å². The Morgan fingerprint density at radius 1 is 1.16 bits per heavy atom. The predicted molar refractivity (Wildman–Crippen MR) is 77.8 cm³/mol. The molecule has 0 spiro atoms. The van der Waals surface area contributed by atoms with Crippen LogP contribution < -0.4 is 5.73 Å². The van der Waals surface area contributed by atoms with Gasteiger partial charge in [-0.2, -0.15) is 0 Å². The summed E-state index contributed by atoms with van der Waals surface area (Å²) in [6, 6.07) is 11.7. The molecule has 0 aliphatic carbocycles. The highest BCUT2D eigenvalue weighted by molar-refractivity contribution is 6.33. The highest BCUT2D eigenvalue weighted by atomic mass is 35.5. The lowest BCUT2D eigenvalue weighted by atomic mass is 10.2. The summed E-state index contributed by atoms with van der Waals surface area (Å²) >= 11 is 5.95. The molecule has 3 aromatic rings. The number of nitrogens with zero attached hydrogens (tertiary/aromatic N) is 3. The van der Waals surface area contributed by atoms with Gasteiger partial charge in [0.05, 0.1) is 16.9 Å². The average molecular weight is 271 g/mol. The summed E-state index contributed by atoms with van der Waals surface area (Å²) in [5, 5.41) is 4.79. The highest BCUT2D eigenvalue weighted by Gasteiger charge is 2.04. The van der Waals surface area contributed by atoms with E-state index in [-0.39, 0.29) is 0 Å². The molecule has 2 heterocycles. The zero-order chi connectivity index (χ0) is 13.2. The largest absolute Gasteiger partial charge is 0.396 e. The van der Waals surface area contributed by atoms with E-state index in [4.69, 9.17) is 17.3 Å². The molecule has 0 saturated carbocycles. The molecule has 1 aromatic carbocycles. The topological polar surface area (TPSA) is 56.2 Å². The van der Waals surface area contributed by atoms with Crippen LogP contribution in [0.25, 0.3) is 17.8 Å². The molecule has 0 saturated heterocycles. The third-order valence-electron chi connectivity index (χ3n) is 2.69. The van der Waals surface area contributed by atoms with Crippen LogP contribution in [0.1, 0.15) is 11.4 Å². The van der Waals surface area contributed by atoms with Gasteiger partial charge in [0, 0.05) is 6.07 Å². The first-order chi connectivity index (χ1) is 9.22. The standard InChI is InChI=1S/C14H11ClN4/c15-11-8-14-17-13(18-19(14)9-12(11)16)7-6-10-4-2-1-3-5-10/h1-9H,16H2/b7-6+. The molecule has 0 aliphatic rings. The van der Waals surface area contributed by atoms with Gasteiger partial charge in [0.15, 0.2) is 11.5 Å². The number of hydrogen-bond acceptors (Lipinski definition) is 3. The van der Waals surface area contributed by atoms with Gasteiger partial charge in [-0.05, 0) is 11.6 Å². The number of halogens is 1. The number of hydrogen-bond donors (Lipinski definition) is 1. The summed E-state index contributed by atoms with van der Waals surface area (Å²) in [6.45, 7) is 0. The Morgan fingerprint density at radius 3 is 2.74 bits per heavy atom. The van der Waals surface area contributed by atoms with Gasteiger partial charge >= 0.3 is 0 Å². The minimum Gasteiger partial charge on any atom is -0.396 e. The van der Waals surface area contributed by atoms with Gasteiger partial charge in [0.2, 0.25) is 0 Å². The Balaban J connectivity index is 1.96. The van der Waals surface area contributed by atoms with E-state index in [9.17, 15) is 0 Å². The molecule has 0 atom stereocenters. The predicted octanol–water partition coefficient (Wildman–Crippen LogP) is 3.14. The van der Waals surface area contributed by atoms with Gasteiger partial charge in [-0.3, -0.25) is 0 Å². The van der Waals surface area contributed by atoms with Crippen molar-refractivity contribution in [2.24, 2.45) is 0 Å². The number of nitrogen functional groups attached to an aromatic ring is 1. The molecule has 0 amide bonds.